The summed E-state index contributed by atoms with van der Waals surface area (Å²) in [5.41, 5.74) is 6.63. The van der Waals surface area contributed by atoms with Gasteiger partial charge < -0.3 is 10.8 Å². The molecule has 0 aromatic heterocycles. The molecule has 2 rings (SSSR count). The smallest absolute Gasteiger partial charge is 0.145 e. The van der Waals surface area contributed by atoms with Crippen LogP contribution in [0.4, 0.5) is 4.39 Å². The summed E-state index contributed by atoms with van der Waals surface area (Å²) in [6.07, 6.45) is 4.48. The second-order valence-corrected chi connectivity index (χ2v) is 4.75. The monoisotopic (exact) mass is 243 g/mol. The first-order valence-corrected chi connectivity index (χ1v) is 5.91. The fraction of sp³-hybridized carbons (Fsp3) is 0.500. The van der Waals surface area contributed by atoms with Gasteiger partial charge in [0, 0.05) is 11.6 Å². The summed E-state index contributed by atoms with van der Waals surface area (Å²) < 4.78 is 13.1. The van der Waals surface area contributed by atoms with Crippen molar-refractivity contribution in [2.24, 2.45) is 11.7 Å². The average Bonchev–Trinajstić information content (AvgIpc) is 2.79. The first-order valence-electron chi connectivity index (χ1n) is 5.53. The molecule has 1 atom stereocenters. The largest absolute Gasteiger partial charge is 0.506 e. The Morgan fingerprint density at radius 3 is 2.62 bits per heavy atom. The molecule has 0 saturated heterocycles. The third-order valence-electron chi connectivity index (χ3n) is 3.37. The zero-order chi connectivity index (χ0) is 11.7. The minimum absolute atomic E-state index is 0.207. The summed E-state index contributed by atoms with van der Waals surface area (Å²) in [5, 5.41) is 9.53. The number of aromatic hydroxyl groups is 1. The zero-order valence-corrected chi connectivity index (χ0v) is 9.67. The molecule has 2 nitrogen and oxygen atoms in total. The van der Waals surface area contributed by atoms with E-state index in [0.29, 0.717) is 11.5 Å². The molecular formula is C12H15ClFNO. The zero-order valence-electron chi connectivity index (χ0n) is 8.92. The van der Waals surface area contributed by atoms with E-state index in [1.54, 1.807) is 0 Å². The Bertz CT molecular complexity index is 391. The van der Waals surface area contributed by atoms with Crippen molar-refractivity contribution < 1.29 is 9.50 Å². The molecule has 0 amide bonds. The lowest BCUT2D eigenvalue weighted by Crippen LogP contribution is -2.19. The van der Waals surface area contributed by atoms with E-state index in [2.05, 4.69) is 0 Å². The molecule has 0 aliphatic heterocycles. The molecule has 0 unspecified atom stereocenters. The Balaban J connectivity index is 2.29. The van der Waals surface area contributed by atoms with Gasteiger partial charge in [0.1, 0.15) is 16.6 Å². The van der Waals surface area contributed by atoms with E-state index in [0.717, 1.165) is 12.8 Å². The number of hydrogen-bond donors (Lipinski definition) is 2. The summed E-state index contributed by atoms with van der Waals surface area (Å²) in [6, 6.07) is 2.53. The number of halogens is 2. The van der Waals surface area contributed by atoms with E-state index >= 15 is 0 Å². The maximum absolute atomic E-state index is 13.1. The molecule has 1 aliphatic rings. The second-order valence-electron chi connectivity index (χ2n) is 4.37. The van der Waals surface area contributed by atoms with Gasteiger partial charge in [-0.15, -0.1) is 0 Å². The normalized spacial score (nSPS) is 18.9. The van der Waals surface area contributed by atoms with Crippen molar-refractivity contribution in [3.05, 3.63) is 28.5 Å². The third-order valence-corrected chi connectivity index (χ3v) is 3.73. The minimum Gasteiger partial charge on any atom is -0.506 e. The Morgan fingerprint density at radius 2 is 2.00 bits per heavy atom. The number of benzene rings is 1. The molecule has 1 saturated carbocycles. The van der Waals surface area contributed by atoms with Crippen LogP contribution in [0, 0.1) is 11.7 Å². The van der Waals surface area contributed by atoms with Crippen LogP contribution in [0.15, 0.2) is 12.1 Å². The van der Waals surface area contributed by atoms with Crippen molar-refractivity contribution in [3.8, 4) is 5.75 Å². The van der Waals surface area contributed by atoms with Crippen molar-refractivity contribution >= 4 is 11.6 Å². The maximum atomic E-state index is 13.1. The number of nitrogens with two attached hydrogens (primary N) is 1. The highest BCUT2D eigenvalue weighted by molar-refractivity contribution is 6.32. The van der Waals surface area contributed by atoms with Crippen LogP contribution in [0.3, 0.4) is 0 Å². The van der Waals surface area contributed by atoms with Gasteiger partial charge in [-0.05, 0) is 24.8 Å². The SMILES string of the molecule is N[C@@H](c1ccc(F)c(Cl)c1O)C1CCCC1. The molecule has 16 heavy (non-hydrogen) atoms. The molecule has 1 fully saturated rings. The van der Waals surface area contributed by atoms with E-state index in [1.807, 2.05) is 0 Å². The van der Waals surface area contributed by atoms with Crippen LogP contribution < -0.4 is 5.73 Å². The Kier molecular flexibility index (Phi) is 3.36. The van der Waals surface area contributed by atoms with Crippen LogP contribution in [-0.4, -0.2) is 5.11 Å². The molecule has 4 heteroatoms. The average molecular weight is 244 g/mol. The minimum atomic E-state index is -0.610. The maximum Gasteiger partial charge on any atom is 0.145 e. The Labute approximate surface area is 99.2 Å². The number of rotatable bonds is 2. The first-order chi connectivity index (χ1) is 7.61. The highest BCUT2D eigenvalue weighted by Crippen LogP contribution is 2.40. The number of hydrogen-bond acceptors (Lipinski definition) is 2. The van der Waals surface area contributed by atoms with Crippen LogP contribution in [0.1, 0.15) is 37.3 Å². The fourth-order valence-corrected chi connectivity index (χ4v) is 2.57. The lowest BCUT2D eigenvalue weighted by atomic mass is 9.92. The first kappa shape index (κ1) is 11.7. The van der Waals surface area contributed by atoms with Gasteiger partial charge in [-0.1, -0.05) is 30.5 Å². The number of phenolic OH excluding ortho intramolecular Hbond substituents is 1. The van der Waals surface area contributed by atoms with Crippen molar-refractivity contribution in [1.82, 2.24) is 0 Å². The Morgan fingerprint density at radius 1 is 1.38 bits per heavy atom. The quantitative estimate of drug-likeness (QED) is 0.837. The van der Waals surface area contributed by atoms with Gasteiger partial charge in [0.2, 0.25) is 0 Å². The molecular weight excluding hydrogens is 229 g/mol. The molecule has 1 aromatic carbocycles. The molecule has 1 aromatic rings. The van der Waals surface area contributed by atoms with Crippen molar-refractivity contribution in [3.63, 3.8) is 0 Å². The van der Waals surface area contributed by atoms with Gasteiger partial charge in [0.05, 0.1) is 0 Å². The number of phenols is 1. The van der Waals surface area contributed by atoms with Gasteiger partial charge in [0.25, 0.3) is 0 Å². The molecule has 88 valence electrons. The molecule has 0 radical (unpaired) electrons. The predicted octanol–water partition coefficient (Wildman–Crippen LogP) is 3.37. The van der Waals surface area contributed by atoms with Crippen molar-refractivity contribution in [2.45, 2.75) is 31.7 Å². The van der Waals surface area contributed by atoms with E-state index in [1.165, 1.54) is 25.0 Å². The summed E-state index contributed by atoms with van der Waals surface area (Å²) in [6.45, 7) is 0. The van der Waals surface area contributed by atoms with Crippen LogP contribution in [0.2, 0.25) is 5.02 Å². The van der Waals surface area contributed by atoms with Gasteiger partial charge in [-0.3, -0.25) is 0 Å². The van der Waals surface area contributed by atoms with Crippen LogP contribution in [-0.2, 0) is 0 Å². The second kappa shape index (κ2) is 4.60. The Hall–Kier alpha value is -0.800. The van der Waals surface area contributed by atoms with Crippen molar-refractivity contribution in [2.75, 3.05) is 0 Å². The highest BCUT2D eigenvalue weighted by Gasteiger charge is 2.26. The van der Waals surface area contributed by atoms with Gasteiger partial charge >= 0.3 is 0 Å². The van der Waals surface area contributed by atoms with Gasteiger partial charge in [0.15, 0.2) is 0 Å². The van der Waals surface area contributed by atoms with E-state index < -0.39 is 5.82 Å². The summed E-state index contributed by atoms with van der Waals surface area (Å²) in [4.78, 5) is 0. The predicted molar refractivity (Wildman–Crippen MR) is 62.0 cm³/mol. The van der Waals surface area contributed by atoms with Crippen molar-refractivity contribution in [1.29, 1.82) is 0 Å². The molecule has 0 spiro atoms. The van der Waals surface area contributed by atoms with E-state index in [9.17, 15) is 9.50 Å². The molecule has 1 aliphatic carbocycles. The lowest BCUT2D eigenvalue weighted by molar-refractivity contribution is 0.410. The molecule has 0 bridgehead atoms. The fourth-order valence-electron chi connectivity index (χ4n) is 2.39. The van der Waals surface area contributed by atoms with E-state index in [-0.39, 0.29) is 16.8 Å². The van der Waals surface area contributed by atoms with Crippen LogP contribution in [0.5, 0.6) is 5.75 Å². The molecule has 0 heterocycles. The van der Waals surface area contributed by atoms with Gasteiger partial charge in [-0.25, -0.2) is 4.39 Å². The highest BCUT2D eigenvalue weighted by atomic mass is 35.5. The van der Waals surface area contributed by atoms with Crippen LogP contribution >= 0.6 is 11.6 Å². The van der Waals surface area contributed by atoms with Crippen LogP contribution in [0.25, 0.3) is 0 Å². The summed E-state index contributed by atoms with van der Waals surface area (Å²) >= 11 is 5.65. The van der Waals surface area contributed by atoms with E-state index in [4.69, 9.17) is 17.3 Å². The summed E-state index contributed by atoms with van der Waals surface area (Å²) in [7, 11) is 0. The topological polar surface area (TPSA) is 46.2 Å². The molecule has 3 N–H and O–H groups in total. The lowest BCUT2D eigenvalue weighted by Gasteiger charge is -2.20. The van der Waals surface area contributed by atoms with Gasteiger partial charge in [-0.2, -0.15) is 0 Å². The summed E-state index contributed by atoms with van der Waals surface area (Å²) in [5.74, 6) is -0.449. The standard InChI is InChI=1S/C12H15ClFNO/c13-10-9(14)6-5-8(12(10)16)11(15)7-3-1-2-4-7/h5-7,11,16H,1-4,15H2/t11-/m1/s1. The third kappa shape index (κ3) is 2.02.